The van der Waals surface area contributed by atoms with E-state index in [2.05, 4.69) is 9.98 Å². The Morgan fingerprint density at radius 2 is 2.06 bits per heavy atom. The lowest BCUT2D eigenvalue weighted by Gasteiger charge is -2.05. The summed E-state index contributed by atoms with van der Waals surface area (Å²) in [5.41, 5.74) is 12.0. The zero-order chi connectivity index (χ0) is 13.4. The van der Waals surface area contributed by atoms with Gasteiger partial charge in [-0.05, 0) is 31.4 Å². The van der Waals surface area contributed by atoms with Gasteiger partial charge in [0.25, 0.3) is 0 Å². The Bertz CT molecular complexity index is 406. The molecule has 0 aliphatic rings. The van der Waals surface area contributed by atoms with Gasteiger partial charge in [-0.25, -0.2) is 0 Å². The molecule has 0 aliphatic carbocycles. The first-order valence-corrected chi connectivity index (χ1v) is 5.80. The predicted molar refractivity (Wildman–Crippen MR) is 69.3 cm³/mol. The molecule has 0 spiro atoms. The summed E-state index contributed by atoms with van der Waals surface area (Å²) in [4.78, 5) is 18.6. The maximum absolute atomic E-state index is 10.5. The quantitative estimate of drug-likeness (QED) is 0.367. The Kier molecular flexibility index (Phi) is 5.79. The summed E-state index contributed by atoms with van der Waals surface area (Å²) in [6.45, 7) is 0.570. The fourth-order valence-corrected chi connectivity index (χ4v) is 1.41. The number of aliphatic carboxylic acids is 1. The number of carbonyl (C=O) groups is 1. The molecule has 0 saturated carbocycles. The SMILES string of the molecule is NC(=NCCCCC(N)C(=O)O)c1ccncc1. The van der Waals surface area contributed by atoms with Crippen molar-refractivity contribution in [3.05, 3.63) is 30.1 Å². The topological polar surface area (TPSA) is 115 Å². The Morgan fingerprint density at radius 3 is 2.67 bits per heavy atom. The average Bonchev–Trinajstić information content (AvgIpc) is 2.38. The first-order valence-electron chi connectivity index (χ1n) is 5.80. The molecule has 0 radical (unpaired) electrons. The molecule has 1 heterocycles. The third-order valence-electron chi connectivity index (χ3n) is 2.50. The highest BCUT2D eigenvalue weighted by Crippen LogP contribution is 2.01. The third kappa shape index (κ3) is 4.92. The lowest BCUT2D eigenvalue weighted by molar-refractivity contribution is -0.138. The summed E-state index contributed by atoms with van der Waals surface area (Å²) in [7, 11) is 0. The zero-order valence-corrected chi connectivity index (χ0v) is 10.1. The molecule has 98 valence electrons. The number of aliphatic imine (C=N–C) groups is 1. The molecule has 0 saturated heterocycles. The molecule has 5 N–H and O–H groups in total. The van der Waals surface area contributed by atoms with Crippen molar-refractivity contribution in [2.75, 3.05) is 6.54 Å². The number of hydrogen-bond acceptors (Lipinski definition) is 4. The summed E-state index contributed by atoms with van der Waals surface area (Å²) in [5, 5.41) is 8.60. The number of pyridine rings is 1. The van der Waals surface area contributed by atoms with E-state index in [0.29, 0.717) is 18.8 Å². The first kappa shape index (κ1) is 14.1. The molecule has 0 bridgehead atoms. The van der Waals surface area contributed by atoms with Crippen molar-refractivity contribution < 1.29 is 9.90 Å². The number of nitrogens with zero attached hydrogens (tertiary/aromatic N) is 2. The molecule has 0 amide bonds. The smallest absolute Gasteiger partial charge is 0.320 e. The van der Waals surface area contributed by atoms with E-state index in [1.54, 1.807) is 24.5 Å². The van der Waals surface area contributed by atoms with E-state index < -0.39 is 12.0 Å². The van der Waals surface area contributed by atoms with Gasteiger partial charge >= 0.3 is 5.97 Å². The molecule has 1 unspecified atom stereocenters. The second-order valence-electron chi connectivity index (χ2n) is 3.94. The minimum atomic E-state index is -0.963. The van der Waals surface area contributed by atoms with Crippen LogP contribution in [0.3, 0.4) is 0 Å². The number of hydrogen-bond donors (Lipinski definition) is 3. The summed E-state index contributed by atoms with van der Waals surface area (Å²) in [6.07, 6.45) is 5.26. The van der Waals surface area contributed by atoms with Gasteiger partial charge in [0, 0.05) is 24.5 Å². The molecular weight excluding hydrogens is 232 g/mol. The Hall–Kier alpha value is -1.95. The van der Waals surface area contributed by atoms with Crippen molar-refractivity contribution in [1.29, 1.82) is 0 Å². The van der Waals surface area contributed by atoms with Crippen molar-refractivity contribution in [2.45, 2.75) is 25.3 Å². The first-order chi connectivity index (χ1) is 8.61. The van der Waals surface area contributed by atoms with Crippen LogP contribution in [0.5, 0.6) is 0 Å². The number of aromatic nitrogens is 1. The van der Waals surface area contributed by atoms with Gasteiger partial charge in [0.1, 0.15) is 11.9 Å². The molecule has 1 atom stereocenters. The lowest BCUT2D eigenvalue weighted by atomic mass is 10.1. The minimum Gasteiger partial charge on any atom is -0.480 e. The van der Waals surface area contributed by atoms with Crippen LogP contribution in [0.4, 0.5) is 0 Å². The van der Waals surface area contributed by atoms with Gasteiger partial charge in [0.2, 0.25) is 0 Å². The van der Waals surface area contributed by atoms with Gasteiger partial charge in [0.05, 0.1) is 0 Å². The summed E-state index contributed by atoms with van der Waals surface area (Å²) in [5.74, 6) is -0.491. The van der Waals surface area contributed by atoms with Gasteiger partial charge in [-0.2, -0.15) is 0 Å². The molecule has 1 aromatic rings. The van der Waals surface area contributed by atoms with E-state index in [9.17, 15) is 4.79 Å². The maximum Gasteiger partial charge on any atom is 0.320 e. The third-order valence-corrected chi connectivity index (χ3v) is 2.50. The fraction of sp³-hybridized carbons (Fsp3) is 0.417. The van der Waals surface area contributed by atoms with Crippen molar-refractivity contribution >= 4 is 11.8 Å². The predicted octanol–water partition coefficient (Wildman–Crippen LogP) is 0.369. The zero-order valence-electron chi connectivity index (χ0n) is 10.1. The Morgan fingerprint density at radius 1 is 1.39 bits per heavy atom. The van der Waals surface area contributed by atoms with Crippen molar-refractivity contribution in [1.82, 2.24) is 4.98 Å². The van der Waals surface area contributed by atoms with Crippen molar-refractivity contribution in [2.24, 2.45) is 16.5 Å². The highest BCUT2D eigenvalue weighted by molar-refractivity contribution is 5.97. The van der Waals surface area contributed by atoms with E-state index in [4.69, 9.17) is 16.6 Å². The molecule has 6 nitrogen and oxygen atoms in total. The molecule has 0 aromatic carbocycles. The summed E-state index contributed by atoms with van der Waals surface area (Å²) >= 11 is 0. The van der Waals surface area contributed by atoms with Crippen LogP contribution in [-0.2, 0) is 4.79 Å². The van der Waals surface area contributed by atoms with E-state index in [0.717, 1.165) is 18.4 Å². The standard InChI is InChI=1S/C12H18N4O2/c13-10(12(17)18)3-1-2-6-16-11(14)9-4-7-15-8-5-9/h4-5,7-8,10H,1-3,6,13H2,(H2,14,16)(H,17,18). The van der Waals surface area contributed by atoms with Crippen LogP contribution in [0.25, 0.3) is 0 Å². The number of rotatable bonds is 7. The lowest BCUT2D eigenvalue weighted by Crippen LogP contribution is -2.29. The van der Waals surface area contributed by atoms with Crippen LogP contribution in [-0.4, -0.2) is 34.5 Å². The maximum atomic E-state index is 10.5. The second-order valence-corrected chi connectivity index (χ2v) is 3.94. The normalized spacial score (nSPS) is 13.3. The number of amidine groups is 1. The van der Waals surface area contributed by atoms with Gasteiger partial charge in [0.15, 0.2) is 0 Å². The van der Waals surface area contributed by atoms with E-state index in [-0.39, 0.29) is 0 Å². The largest absolute Gasteiger partial charge is 0.480 e. The summed E-state index contributed by atoms with van der Waals surface area (Å²) in [6, 6.07) is 2.80. The van der Waals surface area contributed by atoms with E-state index in [1.165, 1.54) is 0 Å². The molecule has 1 rings (SSSR count). The van der Waals surface area contributed by atoms with Gasteiger partial charge < -0.3 is 16.6 Å². The van der Waals surface area contributed by atoms with Gasteiger partial charge in [-0.15, -0.1) is 0 Å². The average molecular weight is 250 g/mol. The Balaban J connectivity index is 2.27. The monoisotopic (exact) mass is 250 g/mol. The van der Waals surface area contributed by atoms with Crippen LogP contribution in [0.1, 0.15) is 24.8 Å². The molecule has 18 heavy (non-hydrogen) atoms. The highest BCUT2D eigenvalue weighted by Gasteiger charge is 2.09. The number of nitrogens with two attached hydrogens (primary N) is 2. The van der Waals surface area contributed by atoms with E-state index >= 15 is 0 Å². The number of unbranched alkanes of at least 4 members (excludes halogenated alkanes) is 1. The number of carboxylic acids is 1. The molecule has 1 aromatic heterocycles. The second kappa shape index (κ2) is 7.39. The fourth-order valence-electron chi connectivity index (χ4n) is 1.41. The molecule has 0 fully saturated rings. The van der Waals surface area contributed by atoms with E-state index in [1.807, 2.05) is 0 Å². The Labute approximate surface area is 106 Å². The van der Waals surface area contributed by atoms with Crippen LogP contribution in [0.15, 0.2) is 29.5 Å². The van der Waals surface area contributed by atoms with Crippen molar-refractivity contribution in [3.63, 3.8) is 0 Å². The van der Waals surface area contributed by atoms with Gasteiger partial charge in [-0.3, -0.25) is 14.8 Å². The minimum absolute atomic E-state index is 0.458. The van der Waals surface area contributed by atoms with Crippen LogP contribution in [0.2, 0.25) is 0 Å². The van der Waals surface area contributed by atoms with Crippen molar-refractivity contribution in [3.8, 4) is 0 Å². The molecule has 6 heteroatoms. The number of carboxylic acid groups (broad SMARTS) is 1. The molecule has 0 aliphatic heterocycles. The van der Waals surface area contributed by atoms with Gasteiger partial charge in [-0.1, -0.05) is 0 Å². The summed E-state index contributed by atoms with van der Waals surface area (Å²) < 4.78 is 0. The molecular formula is C12H18N4O2. The highest BCUT2D eigenvalue weighted by atomic mass is 16.4. The van der Waals surface area contributed by atoms with Crippen LogP contribution in [0, 0.1) is 0 Å². The van der Waals surface area contributed by atoms with Crippen LogP contribution >= 0.6 is 0 Å². The van der Waals surface area contributed by atoms with Crippen LogP contribution < -0.4 is 11.5 Å².